The van der Waals surface area contributed by atoms with Crippen LogP contribution >= 0.6 is 23.2 Å². The Morgan fingerprint density at radius 2 is 1.59 bits per heavy atom. The lowest BCUT2D eigenvalue weighted by atomic mass is 10.1. The topological polar surface area (TPSA) is 78.0 Å². The molecule has 1 aliphatic carbocycles. The van der Waals surface area contributed by atoms with Crippen molar-refractivity contribution < 1.29 is 14.0 Å². The molecule has 0 saturated heterocycles. The molecule has 0 spiro atoms. The quantitative estimate of drug-likeness (QED) is 0.216. The number of rotatable bonds is 3. The summed E-state index contributed by atoms with van der Waals surface area (Å²) in [6, 6.07) is 17.8. The van der Waals surface area contributed by atoms with Crippen LogP contribution in [0.25, 0.3) is 34.4 Å². The Kier molecular flexibility index (Phi) is 4.72. The van der Waals surface area contributed by atoms with Crippen molar-refractivity contribution in [3.63, 3.8) is 0 Å². The number of halogens is 2. The highest BCUT2D eigenvalue weighted by molar-refractivity contribution is 6.46. The van der Waals surface area contributed by atoms with Crippen molar-refractivity contribution in [1.29, 1.82) is 0 Å². The number of allylic oxidation sites excluding steroid dienone is 1. The number of benzene rings is 2. The molecule has 0 N–H and O–H groups in total. The van der Waals surface area contributed by atoms with Crippen molar-refractivity contribution in [2.24, 2.45) is 0 Å². The number of Topliss-reactive ketones (excluding diaryl/α,β-unsaturated/α-hetero) is 2. The van der Waals surface area contributed by atoms with Crippen LogP contribution in [-0.4, -0.2) is 26.1 Å². The normalized spacial score (nSPS) is 13.1. The molecule has 3 aromatic heterocycles. The lowest BCUT2D eigenvalue weighted by molar-refractivity contribution is 0.0990. The third-order valence-corrected chi connectivity index (χ3v) is 6.36. The van der Waals surface area contributed by atoms with Gasteiger partial charge in [0.05, 0.1) is 26.9 Å². The van der Waals surface area contributed by atoms with E-state index in [1.54, 1.807) is 30.6 Å². The summed E-state index contributed by atoms with van der Waals surface area (Å²) in [7, 11) is 0. The smallest absolute Gasteiger partial charge is 0.230 e. The molecule has 0 saturated carbocycles. The van der Waals surface area contributed by atoms with Gasteiger partial charge in [0.25, 0.3) is 0 Å². The zero-order valence-electron chi connectivity index (χ0n) is 17.3. The summed E-state index contributed by atoms with van der Waals surface area (Å²) in [5.41, 5.74) is 3.69. The molecule has 6 nitrogen and oxygen atoms in total. The minimum atomic E-state index is -0.403. The van der Waals surface area contributed by atoms with Gasteiger partial charge in [-0.3, -0.25) is 19.1 Å². The SMILES string of the molecule is O=C1C(=Cc2cc3oc(-c4cccnc4)nc3n2-c2ccccc2)C(=O)c2cc(Cl)c(Cl)cc21. The number of hydrogen-bond donors (Lipinski definition) is 0. The molecule has 2 aromatic carbocycles. The minimum absolute atomic E-state index is 0.0261. The molecule has 0 atom stereocenters. The van der Waals surface area contributed by atoms with Gasteiger partial charge >= 0.3 is 0 Å². The highest BCUT2D eigenvalue weighted by atomic mass is 35.5. The third-order valence-electron chi connectivity index (χ3n) is 5.64. The number of fused-ring (bicyclic) bond motifs is 2. The van der Waals surface area contributed by atoms with E-state index in [0.717, 1.165) is 11.3 Å². The third kappa shape index (κ3) is 3.19. The van der Waals surface area contributed by atoms with Gasteiger partial charge in [-0.2, -0.15) is 4.98 Å². The molecule has 0 aliphatic heterocycles. The summed E-state index contributed by atoms with van der Waals surface area (Å²) < 4.78 is 7.84. The van der Waals surface area contributed by atoms with Gasteiger partial charge in [-0.1, -0.05) is 41.4 Å². The fraction of sp³-hybridized carbons (Fsp3) is 0. The second-order valence-electron chi connectivity index (χ2n) is 7.72. The molecule has 34 heavy (non-hydrogen) atoms. The number of nitrogens with zero attached hydrogens (tertiary/aromatic N) is 3. The van der Waals surface area contributed by atoms with Crippen molar-refractivity contribution >= 4 is 52.1 Å². The van der Waals surface area contributed by atoms with Gasteiger partial charge in [0.1, 0.15) is 0 Å². The van der Waals surface area contributed by atoms with Crippen molar-refractivity contribution in [3.05, 3.63) is 105 Å². The van der Waals surface area contributed by atoms with Gasteiger partial charge in [0.15, 0.2) is 22.8 Å². The van der Waals surface area contributed by atoms with Crippen LogP contribution in [0.4, 0.5) is 0 Å². The predicted molar refractivity (Wildman–Crippen MR) is 130 cm³/mol. The van der Waals surface area contributed by atoms with Crippen LogP contribution in [0.15, 0.2) is 83.0 Å². The van der Waals surface area contributed by atoms with Gasteiger partial charge in [0, 0.05) is 35.3 Å². The standard InChI is InChI=1S/C26H13Cl2N3O3/c27-20-11-17-18(12-21(20)28)24(33)19(23(17)32)9-16-10-22-25(31(16)15-6-2-1-3-7-15)30-26(34-22)14-5-4-8-29-13-14/h1-13H. The first-order valence-corrected chi connectivity index (χ1v) is 11.0. The Bertz CT molecular complexity index is 1610. The van der Waals surface area contributed by atoms with Gasteiger partial charge < -0.3 is 4.42 Å². The average molecular weight is 486 g/mol. The van der Waals surface area contributed by atoms with Crippen LogP contribution in [-0.2, 0) is 0 Å². The maximum atomic E-state index is 13.1. The number of para-hydroxylation sites is 1. The molecule has 164 valence electrons. The van der Waals surface area contributed by atoms with Crippen LogP contribution in [0.1, 0.15) is 26.4 Å². The number of ketones is 2. The maximum absolute atomic E-state index is 13.1. The molecule has 8 heteroatoms. The zero-order chi connectivity index (χ0) is 23.4. The first-order chi connectivity index (χ1) is 16.5. The summed E-state index contributed by atoms with van der Waals surface area (Å²) in [5.74, 6) is -0.383. The molecule has 0 radical (unpaired) electrons. The van der Waals surface area contributed by atoms with E-state index in [9.17, 15) is 9.59 Å². The van der Waals surface area contributed by atoms with E-state index in [1.807, 2.05) is 41.0 Å². The molecule has 0 fully saturated rings. The molecule has 3 heterocycles. The number of hydrogen-bond acceptors (Lipinski definition) is 5. The molecule has 1 aliphatic rings. The lowest BCUT2D eigenvalue weighted by Gasteiger charge is -2.07. The molecule has 0 amide bonds. The van der Waals surface area contributed by atoms with Crippen LogP contribution < -0.4 is 0 Å². The molecular weight excluding hydrogens is 473 g/mol. The maximum Gasteiger partial charge on any atom is 0.230 e. The van der Waals surface area contributed by atoms with Crippen LogP contribution in [0.5, 0.6) is 0 Å². The number of pyridine rings is 1. The molecule has 0 unspecified atom stereocenters. The number of aromatic nitrogens is 3. The summed E-state index contributed by atoms with van der Waals surface area (Å²) in [5, 5.41) is 0.445. The van der Waals surface area contributed by atoms with Crippen LogP contribution in [0.3, 0.4) is 0 Å². The van der Waals surface area contributed by atoms with Gasteiger partial charge in [-0.05, 0) is 42.5 Å². The largest absolute Gasteiger partial charge is 0.434 e. The Balaban J connectivity index is 1.54. The monoisotopic (exact) mass is 485 g/mol. The van der Waals surface area contributed by atoms with Crippen LogP contribution in [0.2, 0.25) is 10.0 Å². The van der Waals surface area contributed by atoms with E-state index in [4.69, 9.17) is 27.6 Å². The van der Waals surface area contributed by atoms with Crippen molar-refractivity contribution in [1.82, 2.24) is 14.5 Å². The highest BCUT2D eigenvalue weighted by Gasteiger charge is 2.34. The Labute approximate surface area is 203 Å². The van der Waals surface area contributed by atoms with E-state index >= 15 is 0 Å². The van der Waals surface area contributed by atoms with E-state index in [0.29, 0.717) is 22.8 Å². The Hall–Kier alpha value is -4.00. The number of carbonyl (C=O) groups excluding carboxylic acids is 2. The minimum Gasteiger partial charge on any atom is -0.434 e. The molecule has 6 rings (SSSR count). The lowest BCUT2D eigenvalue weighted by Crippen LogP contribution is -2.03. The van der Waals surface area contributed by atoms with Crippen molar-refractivity contribution in [2.45, 2.75) is 0 Å². The number of carbonyl (C=O) groups is 2. The summed E-state index contributed by atoms with van der Waals surface area (Å²) >= 11 is 12.2. The van der Waals surface area contributed by atoms with Crippen LogP contribution in [0, 0.1) is 0 Å². The van der Waals surface area contributed by atoms with E-state index in [-0.39, 0.29) is 26.7 Å². The fourth-order valence-corrected chi connectivity index (χ4v) is 4.39. The highest BCUT2D eigenvalue weighted by Crippen LogP contribution is 2.36. The Morgan fingerprint density at radius 3 is 2.24 bits per heavy atom. The molecule has 5 aromatic rings. The van der Waals surface area contributed by atoms with Crippen molar-refractivity contribution in [2.75, 3.05) is 0 Å². The van der Waals surface area contributed by atoms with E-state index in [1.165, 1.54) is 12.1 Å². The van der Waals surface area contributed by atoms with E-state index < -0.39 is 11.6 Å². The summed E-state index contributed by atoms with van der Waals surface area (Å²) in [4.78, 5) is 34.9. The fourth-order valence-electron chi connectivity index (χ4n) is 4.06. The number of oxazole rings is 1. The second-order valence-corrected chi connectivity index (χ2v) is 8.53. The summed E-state index contributed by atoms with van der Waals surface area (Å²) in [6.45, 7) is 0. The van der Waals surface area contributed by atoms with Gasteiger partial charge in [0.2, 0.25) is 5.89 Å². The van der Waals surface area contributed by atoms with E-state index in [2.05, 4.69) is 9.97 Å². The molecular formula is C26H13Cl2N3O3. The predicted octanol–water partition coefficient (Wildman–Crippen LogP) is 6.45. The van der Waals surface area contributed by atoms with Crippen molar-refractivity contribution in [3.8, 4) is 17.1 Å². The zero-order valence-corrected chi connectivity index (χ0v) is 18.8. The second kappa shape index (κ2) is 7.80. The van der Waals surface area contributed by atoms with Gasteiger partial charge in [-0.15, -0.1) is 0 Å². The summed E-state index contributed by atoms with van der Waals surface area (Å²) in [6.07, 6.45) is 4.90. The first-order valence-electron chi connectivity index (χ1n) is 10.3. The Morgan fingerprint density at radius 1 is 0.882 bits per heavy atom. The first kappa shape index (κ1) is 20.6. The average Bonchev–Trinajstić information content (AvgIpc) is 3.47. The molecule has 0 bridgehead atoms. The van der Waals surface area contributed by atoms with Gasteiger partial charge in [-0.25, -0.2) is 0 Å².